The largest absolute Gasteiger partial charge is 0.371 e. The van der Waals surface area contributed by atoms with Crippen LogP contribution in [0.25, 0.3) is 5.57 Å². The first-order valence-electron chi connectivity index (χ1n) is 11.1. The minimum atomic E-state index is 0.119. The third-order valence-electron chi connectivity index (χ3n) is 6.87. The van der Waals surface area contributed by atoms with E-state index in [1.54, 1.807) is 0 Å². The van der Waals surface area contributed by atoms with Crippen LogP contribution in [0.15, 0.2) is 84.9 Å². The fourth-order valence-corrected chi connectivity index (χ4v) is 5.34. The van der Waals surface area contributed by atoms with Gasteiger partial charge < -0.3 is 4.74 Å². The van der Waals surface area contributed by atoms with Crippen molar-refractivity contribution in [2.75, 3.05) is 19.7 Å². The lowest BCUT2D eigenvalue weighted by molar-refractivity contribution is -0.00624. The molecule has 1 heterocycles. The van der Waals surface area contributed by atoms with Crippen LogP contribution in [0, 0.1) is 0 Å². The van der Waals surface area contributed by atoms with E-state index in [1.807, 2.05) is 0 Å². The van der Waals surface area contributed by atoms with Crippen molar-refractivity contribution >= 4 is 5.57 Å². The summed E-state index contributed by atoms with van der Waals surface area (Å²) < 4.78 is 6.24. The molecule has 3 aromatic rings. The minimum absolute atomic E-state index is 0.119. The number of hydrogen-bond donors (Lipinski definition) is 0. The zero-order valence-corrected chi connectivity index (χ0v) is 17.2. The highest BCUT2D eigenvalue weighted by Crippen LogP contribution is 2.60. The van der Waals surface area contributed by atoms with Gasteiger partial charge in [0.25, 0.3) is 0 Å². The Kier molecular flexibility index (Phi) is 4.55. The number of nitrogens with zero attached hydrogens (tertiary/aromatic N) is 1. The van der Waals surface area contributed by atoms with E-state index < -0.39 is 0 Å². The molecule has 3 unspecified atom stereocenters. The molecule has 1 aliphatic heterocycles. The van der Waals surface area contributed by atoms with Crippen LogP contribution in [0.4, 0.5) is 0 Å². The number of rotatable bonds is 3. The molecule has 0 N–H and O–H groups in total. The molecule has 0 aromatic heterocycles. The van der Waals surface area contributed by atoms with Gasteiger partial charge in [0, 0.05) is 19.6 Å². The first-order chi connectivity index (χ1) is 14.9. The summed E-state index contributed by atoms with van der Waals surface area (Å²) in [6.07, 6.45) is 3.80. The van der Waals surface area contributed by atoms with Gasteiger partial charge >= 0.3 is 0 Å². The molecular weight excluding hydrogens is 366 g/mol. The highest BCUT2D eigenvalue weighted by Gasteiger charge is 2.44. The van der Waals surface area contributed by atoms with Crippen LogP contribution in [-0.2, 0) is 11.3 Å². The van der Waals surface area contributed by atoms with Crippen LogP contribution in [-0.4, -0.2) is 30.7 Å². The van der Waals surface area contributed by atoms with Gasteiger partial charge in [0.1, 0.15) is 0 Å². The topological polar surface area (TPSA) is 12.5 Å². The molecule has 1 saturated heterocycles. The summed E-state index contributed by atoms with van der Waals surface area (Å²) in [5.74, 6) is 1.35. The molecule has 2 nitrogen and oxygen atoms in total. The van der Waals surface area contributed by atoms with Gasteiger partial charge in [-0.2, -0.15) is 0 Å². The second-order valence-corrected chi connectivity index (χ2v) is 8.83. The first-order valence-corrected chi connectivity index (χ1v) is 11.1. The third-order valence-corrected chi connectivity index (χ3v) is 6.87. The fraction of sp³-hybridized carbons (Fsp3) is 0.286. The Balaban J connectivity index is 1.35. The summed E-state index contributed by atoms with van der Waals surface area (Å²) in [5, 5.41) is 0. The lowest BCUT2D eigenvalue weighted by atomic mass is 9.90. The van der Waals surface area contributed by atoms with Crippen molar-refractivity contribution in [2.24, 2.45) is 0 Å². The Labute approximate surface area is 178 Å². The predicted octanol–water partition coefficient (Wildman–Crippen LogP) is 5.60. The van der Waals surface area contributed by atoms with Crippen molar-refractivity contribution in [2.45, 2.75) is 30.9 Å². The van der Waals surface area contributed by atoms with Gasteiger partial charge in [0.15, 0.2) is 0 Å². The molecule has 6 rings (SSSR count). The molecule has 0 bridgehead atoms. The lowest BCUT2D eigenvalue weighted by Crippen LogP contribution is -2.41. The average Bonchev–Trinajstić information content (AvgIpc) is 3.60. The zero-order valence-electron chi connectivity index (χ0n) is 17.2. The Morgan fingerprint density at radius 3 is 2.13 bits per heavy atom. The Morgan fingerprint density at radius 2 is 1.43 bits per heavy atom. The van der Waals surface area contributed by atoms with Crippen LogP contribution < -0.4 is 0 Å². The minimum Gasteiger partial charge on any atom is -0.371 e. The van der Waals surface area contributed by atoms with Gasteiger partial charge in [-0.3, -0.25) is 4.90 Å². The SMILES string of the molecule is C(=C1c2ccccc2C2CC2c2ccccc21)C1CN(Cc2ccccc2)CCO1. The molecule has 2 fully saturated rings. The molecule has 2 aliphatic carbocycles. The molecule has 3 aliphatic rings. The van der Waals surface area contributed by atoms with Crippen LogP contribution in [0.2, 0.25) is 0 Å². The summed E-state index contributed by atoms with van der Waals surface area (Å²) in [5.41, 5.74) is 8.57. The average molecular weight is 394 g/mol. The van der Waals surface area contributed by atoms with Gasteiger partial charge in [-0.15, -0.1) is 0 Å². The van der Waals surface area contributed by atoms with E-state index in [0.717, 1.165) is 26.2 Å². The van der Waals surface area contributed by atoms with E-state index >= 15 is 0 Å². The standard InChI is InChI=1S/C28H27NO/c1-2-8-20(9-3-1)18-29-14-15-30-21(19-29)16-26-22-10-4-6-12-24(22)27-17-28(27)25-13-7-5-11-23(25)26/h1-13,16,21,27-28H,14-15,17-19H2. The maximum absolute atomic E-state index is 6.24. The zero-order chi connectivity index (χ0) is 19.9. The molecule has 3 atom stereocenters. The van der Waals surface area contributed by atoms with Crippen molar-refractivity contribution < 1.29 is 4.74 Å². The van der Waals surface area contributed by atoms with Crippen molar-refractivity contribution in [3.05, 3.63) is 113 Å². The number of fused-ring (bicyclic) bond motifs is 5. The molecule has 0 radical (unpaired) electrons. The molecule has 0 amide bonds. The Bertz CT molecular complexity index is 1030. The van der Waals surface area contributed by atoms with Gasteiger partial charge in [-0.1, -0.05) is 78.9 Å². The Morgan fingerprint density at radius 1 is 0.800 bits per heavy atom. The number of benzene rings is 3. The number of ether oxygens (including phenoxy) is 1. The highest BCUT2D eigenvalue weighted by atomic mass is 16.5. The van der Waals surface area contributed by atoms with E-state index in [1.165, 1.54) is 39.8 Å². The van der Waals surface area contributed by atoms with Gasteiger partial charge in [0.2, 0.25) is 0 Å². The molecule has 30 heavy (non-hydrogen) atoms. The van der Waals surface area contributed by atoms with E-state index in [2.05, 4.69) is 89.8 Å². The lowest BCUT2D eigenvalue weighted by Gasteiger charge is -2.32. The van der Waals surface area contributed by atoms with E-state index in [-0.39, 0.29) is 6.10 Å². The van der Waals surface area contributed by atoms with Crippen molar-refractivity contribution in [1.82, 2.24) is 4.90 Å². The normalized spacial score (nSPS) is 24.9. The molecule has 3 aromatic carbocycles. The molecule has 1 saturated carbocycles. The summed E-state index contributed by atoms with van der Waals surface area (Å²) in [6.45, 7) is 3.71. The van der Waals surface area contributed by atoms with Crippen LogP contribution in [0.3, 0.4) is 0 Å². The van der Waals surface area contributed by atoms with Gasteiger partial charge in [-0.05, 0) is 57.7 Å². The smallest absolute Gasteiger partial charge is 0.0892 e. The van der Waals surface area contributed by atoms with Crippen LogP contribution in [0.5, 0.6) is 0 Å². The summed E-state index contributed by atoms with van der Waals surface area (Å²) in [6, 6.07) is 28.8. The molecule has 2 heteroatoms. The first kappa shape index (κ1) is 18.1. The van der Waals surface area contributed by atoms with Gasteiger partial charge in [-0.25, -0.2) is 0 Å². The van der Waals surface area contributed by atoms with Crippen molar-refractivity contribution in [3.8, 4) is 0 Å². The van der Waals surface area contributed by atoms with Gasteiger partial charge in [0.05, 0.1) is 12.7 Å². The molecule has 0 spiro atoms. The fourth-order valence-electron chi connectivity index (χ4n) is 5.34. The maximum Gasteiger partial charge on any atom is 0.0892 e. The quantitative estimate of drug-likeness (QED) is 0.574. The van der Waals surface area contributed by atoms with E-state index in [0.29, 0.717) is 11.8 Å². The highest BCUT2D eigenvalue weighted by molar-refractivity contribution is 5.86. The summed E-state index contributed by atoms with van der Waals surface area (Å²) in [7, 11) is 0. The van der Waals surface area contributed by atoms with Crippen molar-refractivity contribution in [1.29, 1.82) is 0 Å². The monoisotopic (exact) mass is 393 g/mol. The molecule has 150 valence electrons. The molecular formula is C28H27NO. The summed E-state index contributed by atoms with van der Waals surface area (Å²) >= 11 is 0. The van der Waals surface area contributed by atoms with E-state index in [9.17, 15) is 0 Å². The second kappa shape index (κ2) is 7.54. The van der Waals surface area contributed by atoms with E-state index in [4.69, 9.17) is 4.74 Å². The summed E-state index contributed by atoms with van der Waals surface area (Å²) in [4.78, 5) is 2.52. The van der Waals surface area contributed by atoms with Crippen LogP contribution in [0.1, 0.15) is 46.1 Å². The van der Waals surface area contributed by atoms with Crippen molar-refractivity contribution in [3.63, 3.8) is 0 Å². The Hall–Kier alpha value is -2.68. The van der Waals surface area contributed by atoms with Crippen LogP contribution >= 0.6 is 0 Å². The number of morpholine rings is 1. The predicted molar refractivity (Wildman–Crippen MR) is 122 cm³/mol. The number of hydrogen-bond acceptors (Lipinski definition) is 2. The third kappa shape index (κ3) is 3.30. The second-order valence-electron chi connectivity index (χ2n) is 8.83. The maximum atomic E-state index is 6.24.